The van der Waals surface area contributed by atoms with E-state index in [2.05, 4.69) is 16.0 Å². The number of rotatable bonds is 6. The Balaban J connectivity index is 1.76. The summed E-state index contributed by atoms with van der Waals surface area (Å²) < 4.78 is 0. The van der Waals surface area contributed by atoms with Crippen LogP contribution in [-0.4, -0.2) is 48.4 Å². The van der Waals surface area contributed by atoms with Gasteiger partial charge in [-0.3, -0.25) is 19.8 Å². The molecule has 1 heterocycles. The van der Waals surface area contributed by atoms with Crippen LogP contribution in [0.4, 0.5) is 10.5 Å². The highest BCUT2D eigenvalue weighted by atomic mass is 16.2. The third kappa shape index (κ3) is 6.67. The lowest BCUT2D eigenvalue weighted by Crippen LogP contribution is -2.52. The molecular formula is C20H30N4O3. The van der Waals surface area contributed by atoms with E-state index in [0.29, 0.717) is 38.4 Å². The van der Waals surface area contributed by atoms with Gasteiger partial charge in [-0.15, -0.1) is 0 Å². The molecule has 0 spiro atoms. The highest BCUT2D eigenvalue weighted by molar-refractivity contribution is 5.97. The van der Waals surface area contributed by atoms with E-state index in [1.807, 2.05) is 49.1 Å². The molecule has 0 unspecified atom stereocenters. The predicted octanol–water partition coefficient (Wildman–Crippen LogP) is 2.21. The Bertz CT molecular complexity index is 640. The van der Waals surface area contributed by atoms with Gasteiger partial charge in [0, 0.05) is 18.2 Å². The summed E-state index contributed by atoms with van der Waals surface area (Å²) in [6.45, 7) is 7.58. The van der Waals surface area contributed by atoms with Gasteiger partial charge in [0.2, 0.25) is 11.8 Å². The van der Waals surface area contributed by atoms with E-state index in [0.717, 1.165) is 5.69 Å². The van der Waals surface area contributed by atoms with Crippen molar-refractivity contribution in [3.8, 4) is 0 Å². The fraction of sp³-hybridized carbons (Fsp3) is 0.550. The Morgan fingerprint density at radius 3 is 2.30 bits per heavy atom. The molecule has 0 aromatic heterocycles. The number of hydrogen-bond acceptors (Lipinski definition) is 4. The van der Waals surface area contributed by atoms with Gasteiger partial charge >= 0.3 is 6.03 Å². The van der Waals surface area contributed by atoms with Crippen LogP contribution in [0.3, 0.4) is 0 Å². The molecule has 1 aliphatic heterocycles. The number of amides is 4. The van der Waals surface area contributed by atoms with Crippen molar-refractivity contribution in [2.24, 2.45) is 11.8 Å². The van der Waals surface area contributed by atoms with E-state index in [-0.39, 0.29) is 17.7 Å². The molecule has 1 atom stereocenters. The van der Waals surface area contributed by atoms with Crippen molar-refractivity contribution < 1.29 is 14.4 Å². The fourth-order valence-corrected chi connectivity index (χ4v) is 3.04. The summed E-state index contributed by atoms with van der Waals surface area (Å²) in [4.78, 5) is 38.4. The van der Waals surface area contributed by atoms with Crippen LogP contribution >= 0.6 is 0 Å². The predicted molar refractivity (Wildman–Crippen MR) is 105 cm³/mol. The normalized spacial score (nSPS) is 16.6. The van der Waals surface area contributed by atoms with Gasteiger partial charge in [-0.05, 0) is 50.9 Å². The van der Waals surface area contributed by atoms with Gasteiger partial charge in [-0.1, -0.05) is 32.0 Å². The van der Waals surface area contributed by atoms with E-state index in [1.54, 1.807) is 6.92 Å². The maximum atomic E-state index is 12.4. The molecule has 1 aromatic rings. The Morgan fingerprint density at radius 2 is 1.70 bits per heavy atom. The van der Waals surface area contributed by atoms with Gasteiger partial charge in [0.05, 0.1) is 6.04 Å². The number of likely N-dealkylation sites (tertiary alicyclic amines) is 1. The third-order valence-corrected chi connectivity index (χ3v) is 4.78. The molecule has 4 amide bonds. The van der Waals surface area contributed by atoms with Gasteiger partial charge in [-0.2, -0.15) is 0 Å². The number of benzene rings is 1. The Labute approximate surface area is 160 Å². The minimum atomic E-state index is -0.460. The van der Waals surface area contributed by atoms with Crippen LogP contribution in [0.15, 0.2) is 30.3 Å². The van der Waals surface area contributed by atoms with Crippen molar-refractivity contribution >= 4 is 23.5 Å². The van der Waals surface area contributed by atoms with Crippen LogP contribution in [0.5, 0.6) is 0 Å². The van der Waals surface area contributed by atoms with Crippen molar-refractivity contribution in [3.05, 3.63) is 30.3 Å². The van der Waals surface area contributed by atoms with Crippen molar-refractivity contribution in [2.75, 3.05) is 25.0 Å². The topological polar surface area (TPSA) is 90.5 Å². The van der Waals surface area contributed by atoms with E-state index < -0.39 is 12.1 Å². The van der Waals surface area contributed by atoms with Crippen LogP contribution < -0.4 is 16.0 Å². The zero-order valence-corrected chi connectivity index (χ0v) is 16.3. The van der Waals surface area contributed by atoms with E-state index in [4.69, 9.17) is 0 Å². The van der Waals surface area contributed by atoms with Gasteiger partial charge in [0.15, 0.2) is 0 Å². The van der Waals surface area contributed by atoms with Gasteiger partial charge in [-0.25, -0.2) is 4.79 Å². The molecule has 7 nitrogen and oxygen atoms in total. The first-order valence-corrected chi connectivity index (χ1v) is 9.55. The lowest BCUT2D eigenvalue weighted by atomic mass is 9.94. The largest absolute Gasteiger partial charge is 0.338 e. The van der Waals surface area contributed by atoms with Crippen LogP contribution in [-0.2, 0) is 9.59 Å². The van der Waals surface area contributed by atoms with Gasteiger partial charge < -0.3 is 10.6 Å². The zero-order chi connectivity index (χ0) is 19.8. The monoisotopic (exact) mass is 374 g/mol. The number of nitrogens with one attached hydrogen (secondary N) is 3. The number of anilines is 1. The molecule has 148 valence electrons. The second-order valence-electron chi connectivity index (χ2n) is 7.43. The standard InChI is InChI=1S/C20H30N4O3/c1-14(2)13-21-20(27)23-18(25)15(3)24-11-9-16(10-12-24)19(26)22-17-7-5-4-6-8-17/h4-8,14-16H,9-13H2,1-3H3,(H,22,26)(H2,21,23,25,27)/t15-/m0/s1. The van der Waals surface area contributed by atoms with Crippen LogP contribution in [0, 0.1) is 11.8 Å². The molecular weight excluding hydrogens is 344 g/mol. The minimum Gasteiger partial charge on any atom is -0.338 e. The fourth-order valence-electron chi connectivity index (χ4n) is 3.04. The number of hydrogen-bond donors (Lipinski definition) is 3. The van der Waals surface area contributed by atoms with Gasteiger partial charge in [0.25, 0.3) is 0 Å². The third-order valence-electron chi connectivity index (χ3n) is 4.78. The Morgan fingerprint density at radius 1 is 1.07 bits per heavy atom. The average Bonchev–Trinajstić information content (AvgIpc) is 2.66. The van der Waals surface area contributed by atoms with Crippen LogP contribution in [0.1, 0.15) is 33.6 Å². The molecule has 1 fully saturated rings. The highest BCUT2D eigenvalue weighted by Gasteiger charge is 2.30. The molecule has 1 aromatic carbocycles. The van der Waals surface area contributed by atoms with Gasteiger partial charge in [0.1, 0.15) is 0 Å². The number of para-hydroxylation sites is 1. The second kappa shape index (κ2) is 10.1. The van der Waals surface area contributed by atoms with E-state index in [9.17, 15) is 14.4 Å². The van der Waals surface area contributed by atoms with Crippen molar-refractivity contribution in [1.29, 1.82) is 0 Å². The maximum Gasteiger partial charge on any atom is 0.321 e. The number of piperidine rings is 1. The summed E-state index contributed by atoms with van der Waals surface area (Å²) >= 11 is 0. The number of nitrogens with zero attached hydrogens (tertiary/aromatic N) is 1. The second-order valence-corrected chi connectivity index (χ2v) is 7.43. The summed E-state index contributed by atoms with van der Waals surface area (Å²) in [5, 5.41) is 8.00. The lowest BCUT2D eigenvalue weighted by Gasteiger charge is -2.34. The summed E-state index contributed by atoms with van der Waals surface area (Å²) in [5.41, 5.74) is 0.796. The molecule has 1 aliphatic rings. The summed E-state index contributed by atoms with van der Waals surface area (Å²) in [6.07, 6.45) is 1.38. The molecule has 2 rings (SSSR count). The number of carbonyl (C=O) groups is 3. The number of imide groups is 1. The average molecular weight is 374 g/mol. The quantitative estimate of drug-likeness (QED) is 0.712. The molecule has 0 bridgehead atoms. The van der Waals surface area contributed by atoms with E-state index in [1.165, 1.54) is 0 Å². The number of carbonyl (C=O) groups excluding carboxylic acids is 3. The molecule has 0 saturated carbocycles. The van der Waals surface area contributed by atoms with Crippen LogP contribution in [0.25, 0.3) is 0 Å². The Kier molecular flexibility index (Phi) is 7.79. The maximum absolute atomic E-state index is 12.4. The molecule has 0 aliphatic carbocycles. The molecule has 1 saturated heterocycles. The molecule has 3 N–H and O–H groups in total. The number of urea groups is 1. The first-order chi connectivity index (χ1) is 12.9. The molecule has 7 heteroatoms. The smallest absolute Gasteiger partial charge is 0.321 e. The van der Waals surface area contributed by atoms with Crippen LogP contribution in [0.2, 0.25) is 0 Å². The summed E-state index contributed by atoms with van der Waals surface area (Å²) in [5.74, 6) is -0.0372. The first-order valence-electron chi connectivity index (χ1n) is 9.55. The van der Waals surface area contributed by atoms with Crippen molar-refractivity contribution in [1.82, 2.24) is 15.5 Å². The lowest BCUT2D eigenvalue weighted by molar-refractivity contribution is -0.126. The summed E-state index contributed by atoms with van der Waals surface area (Å²) in [7, 11) is 0. The molecule has 27 heavy (non-hydrogen) atoms. The Hall–Kier alpha value is -2.41. The first kappa shape index (κ1) is 20.9. The SMILES string of the molecule is CC(C)CNC(=O)NC(=O)[C@H](C)N1CCC(C(=O)Nc2ccccc2)CC1. The highest BCUT2D eigenvalue weighted by Crippen LogP contribution is 2.21. The minimum absolute atomic E-state index is 0.0195. The zero-order valence-electron chi connectivity index (χ0n) is 16.3. The van der Waals surface area contributed by atoms with E-state index >= 15 is 0 Å². The van der Waals surface area contributed by atoms with Crippen molar-refractivity contribution in [2.45, 2.75) is 39.7 Å². The van der Waals surface area contributed by atoms with Crippen molar-refractivity contribution in [3.63, 3.8) is 0 Å². The molecule has 0 radical (unpaired) electrons. The summed E-state index contributed by atoms with van der Waals surface area (Å²) in [6, 6.07) is 8.54.